The lowest BCUT2D eigenvalue weighted by Crippen LogP contribution is -2.01. The molecule has 0 atom stereocenters. The number of rotatable bonds is 6. The van der Waals surface area contributed by atoms with Gasteiger partial charge in [-0.1, -0.05) is 0 Å². The van der Waals surface area contributed by atoms with Crippen molar-refractivity contribution in [3.63, 3.8) is 0 Å². The predicted octanol–water partition coefficient (Wildman–Crippen LogP) is 2.44. The zero-order chi connectivity index (χ0) is 16.2. The summed E-state index contributed by atoms with van der Waals surface area (Å²) in [4.78, 5) is 4.48. The van der Waals surface area contributed by atoms with Crippen LogP contribution in [0.5, 0.6) is 5.75 Å². The fourth-order valence-electron chi connectivity index (χ4n) is 2.48. The molecule has 23 heavy (non-hydrogen) atoms. The third-order valence-electron chi connectivity index (χ3n) is 3.62. The van der Waals surface area contributed by atoms with Gasteiger partial charge in [-0.15, -0.1) is 0 Å². The van der Waals surface area contributed by atoms with Crippen molar-refractivity contribution in [2.75, 3.05) is 13.2 Å². The second kappa shape index (κ2) is 6.66. The highest BCUT2D eigenvalue weighted by molar-refractivity contribution is 5.60. The Kier molecular flexibility index (Phi) is 4.43. The van der Waals surface area contributed by atoms with E-state index in [9.17, 15) is 0 Å². The van der Waals surface area contributed by atoms with Crippen molar-refractivity contribution in [3.8, 4) is 22.8 Å². The topological polar surface area (TPSA) is 65.1 Å². The molecule has 1 N–H and O–H groups in total. The maximum Gasteiger partial charge on any atom is 0.144 e. The molecular formula is C17H20N4O2. The van der Waals surface area contributed by atoms with Crippen molar-refractivity contribution in [1.29, 1.82) is 0 Å². The summed E-state index contributed by atoms with van der Waals surface area (Å²) in [6, 6.07) is 7.69. The van der Waals surface area contributed by atoms with Gasteiger partial charge in [-0.3, -0.25) is 9.25 Å². The molecule has 0 bridgehead atoms. The molecule has 0 aliphatic rings. The van der Waals surface area contributed by atoms with E-state index in [1.165, 1.54) is 0 Å². The van der Waals surface area contributed by atoms with Gasteiger partial charge in [-0.2, -0.15) is 5.10 Å². The number of imidazole rings is 1. The maximum atomic E-state index is 8.80. The molecule has 0 saturated carbocycles. The first kappa shape index (κ1) is 15.3. The average Bonchev–Trinajstić information content (AvgIpc) is 3.19. The average molecular weight is 312 g/mol. The van der Waals surface area contributed by atoms with Crippen LogP contribution in [0, 0.1) is 6.92 Å². The van der Waals surface area contributed by atoms with E-state index < -0.39 is 0 Å². The van der Waals surface area contributed by atoms with Crippen LogP contribution < -0.4 is 4.74 Å². The normalized spacial score (nSPS) is 10.9. The highest BCUT2D eigenvalue weighted by Gasteiger charge is 2.12. The van der Waals surface area contributed by atoms with Crippen LogP contribution in [0.2, 0.25) is 0 Å². The fourth-order valence-corrected chi connectivity index (χ4v) is 2.48. The molecule has 0 aliphatic heterocycles. The molecule has 3 aromatic rings. The Balaban J connectivity index is 1.92. The SMILES string of the molecule is CCn1cc(-n2ccnc2-c2ccc(OCCO)cc2)c(C)n1. The Morgan fingerprint density at radius 1 is 1.22 bits per heavy atom. The molecule has 2 aromatic heterocycles. The number of aliphatic hydroxyl groups is 1. The molecule has 0 amide bonds. The van der Waals surface area contributed by atoms with Crippen LogP contribution in [-0.4, -0.2) is 37.7 Å². The number of hydrogen-bond acceptors (Lipinski definition) is 4. The van der Waals surface area contributed by atoms with Gasteiger partial charge in [0.05, 0.1) is 18.0 Å². The van der Waals surface area contributed by atoms with Gasteiger partial charge < -0.3 is 9.84 Å². The molecule has 6 heteroatoms. The van der Waals surface area contributed by atoms with Gasteiger partial charge in [0.15, 0.2) is 0 Å². The Labute approximate surface area is 135 Å². The molecule has 1 aromatic carbocycles. The molecule has 0 aliphatic carbocycles. The zero-order valence-corrected chi connectivity index (χ0v) is 13.3. The van der Waals surface area contributed by atoms with Gasteiger partial charge in [0.2, 0.25) is 0 Å². The van der Waals surface area contributed by atoms with Crippen LogP contribution in [-0.2, 0) is 6.54 Å². The molecule has 2 heterocycles. The number of aromatic nitrogens is 4. The minimum atomic E-state index is 0.00680. The second-order valence-electron chi connectivity index (χ2n) is 5.17. The Bertz CT molecular complexity index is 774. The summed E-state index contributed by atoms with van der Waals surface area (Å²) in [6.07, 6.45) is 5.75. The van der Waals surface area contributed by atoms with E-state index in [2.05, 4.69) is 17.0 Å². The van der Waals surface area contributed by atoms with E-state index in [0.29, 0.717) is 6.61 Å². The highest BCUT2D eigenvalue weighted by Crippen LogP contribution is 2.25. The maximum absolute atomic E-state index is 8.80. The third kappa shape index (κ3) is 3.12. The van der Waals surface area contributed by atoms with Crippen LogP contribution in [0.4, 0.5) is 0 Å². The molecule has 3 rings (SSSR count). The minimum absolute atomic E-state index is 0.00680. The van der Waals surface area contributed by atoms with Crippen molar-refractivity contribution < 1.29 is 9.84 Å². The van der Waals surface area contributed by atoms with Gasteiger partial charge in [-0.25, -0.2) is 4.98 Å². The summed E-state index contributed by atoms with van der Waals surface area (Å²) in [7, 11) is 0. The third-order valence-corrected chi connectivity index (χ3v) is 3.62. The second-order valence-corrected chi connectivity index (χ2v) is 5.17. The molecule has 120 valence electrons. The summed E-state index contributed by atoms with van der Waals surface area (Å²) in [5.74, 6) is 1.59. The number of aryl methyl sites for hydroxylation is 2. The molecule has 0 radical (unpaired) electrons. The van der Waals surface area contributed by atoms with E-state index in [0.717, 1.165) is 35.1 Å². The molecule has 6 nitrogen and oxygen atoms in total. The number of aliphatic hydroxyl groups excluding tert-OH is 1. The van der Waals surface area contributed by atoms with Crippen molar-refractivity contribution >= 4 is 0 Å². The van der Waals surface area contributed by atoms with Crippen molar-refractivity contribution in [1.82, 2.24) is 19.3 Å². The lowest BCUT2D eigenvalue weighted by molar-refractivity contribution is 0.201. The van der Waals surface area contributed by atoms with Crippen molar-refractivity contribution in [2.45, 2.75) is 20.4 Å². The molecule has 0 spiro atoms. The highest BCUT2D eigenvalue weighted by atomic mass is 16.5. The van der Waals surface area contributed by atoms with Gasteiger partial charge >= 0.3 is 0 Å². The van der Waals surface area contributed by atoms with E-state index in [1.807, 2.05) is 52.8 Å². The van der Waals surface area contributed by atoms with E-state index >= 15 is 0 Å². The van der Waals surface area contributed by atoms with Crippen LogP contribution in [0.25, 0.3) is 17.1 Å². The van der Waals surface area contributed by atoms with Crippen LogP contribution in [0.15, 0.2) is 42.9 Å². The fraction of sp³-hybridized carbons (Fsp3) is 0.294. The van der Waals surface area contributed by atoms with E-state index in [-0.39, 0.29) is 6.61 Å². The lowest BCUT2D eigenvalue weighted by atomic mass is 10.2. The van der Waals surface area contributed by atoms with Gasteiger partial charge in [-0.05, 0) is 38.1 Å². The quantitative estimate of drug-likeness (QED) is 0.759. The first-order chi connectivity index (χ1) is 11.2. The lowest BCUT2D eigenvalue weighted by Gasteiger charge is -2.08. The summed E-state index contributed by atoms with van der Waals surface area (Å²) >= 11 is 0. The van der Waals surface area contributed by atoms with Crippen LogP contribution in [0.3, 0.4) is 0 Å². The van der Waals surface area contributed by atoms with Crippen molar-refractivity contribution in [3.05, 3.63) is 48.5 Å². The molecular weight excluding hydrogens is 292 g/mol. The molecule has 0 saturated heterocycles. The van der Waals surface area contributed by atoms with Crippen molar-refractivity contribution in [2.24, 2.45) is 0 Å². The standard InChI is InChI=1S/C17H20N4O2/c1-3-20-12-16(13(2)19-20)21-9-8-18-17(21)14-4-6-15(7-5-14)23-11-10-22/h4-9,12,22H,3,10-11H2,1-2H3. The summed E-state index contributed by atoms with van der Waals surface area (Å²) in [5.41, 5.74) is 2.99. The number of benzene rings is 1. The Morgan fingerprint density at radius 2 is 2.00 bits per heavy atom. The van der Waals surface area contributed by atoms with E-state index in [1.54, 1.807) is 6.20 Å². The first-order valence-corrected chi connectivity index (χ1v) is 7.64. The summed E-state index contributed by atoms with van der Waals surface area (Å²) in [6.45, 7) is 5.20. The minimum Gasteiger partial charge on any atom is -0.491 e. The Hall–Kier alpha value is -2.60. The molecule has 0 unspecified atom stereocenters. The number of nitrogens with zero attached hydrogens (tertiary/aromatic N) is 4. The van der Waals surface area contributed by atoms with Gasteiger partial charge in [0.25, 0.3) is 0 Å². The summed E-state index contributed by atoms with van der Waals surface area (Å²) < 4.78 is 9.35. The molecule has 0 fully saturated rings. The van der Waals surface area contributed by atoms with Crippen LogP contribution >= 0.6 is 0 Å². The summed E-state index contributed by atoms with van der Waals surface area (Å²) in [5, 5.41) is 13.3. The Morgan fingerprint density at radius 3 is 2.65 bits per heavy atom. The monoisotopic (exact) mass is 312 g/mol. The first-order valence-electron chi connectivity index (χ1n) is 7.64. The zero-order valence-electron chi connectivity index (χ0n) is 13.3. The number of hydrogen-bond donors (Lipinski definition) is 1. The van der Waals surface area contributed by atoms with Gasteiger partial charge in [0, 0.05) is 30.7 Å². The number of ether oxygens (including phenoxy) is 1. The predicted molar refractivity (Wildman–Crippen MR) is 87.8 cm³/mol. The van der Waals surface area contributed by atoms with Gasteiger partial charge in [0.1, 0.15) is 18.2 Å². The van der Waals surface area contributed by atoms with E-state index in [4.69, 9.17) is 9.84 Å². The smallest absolute Gasteiger partial charge is 0.144 e. The largest absolute Gasteiger partial charge is 0.491 e. The van der Waals surface area contributed by atoms with Crippen LogP contribution in [0.1, 0.15) is 12.6 Å².